The maximum absolute atomic E-state index is 9.35. The maximum Gasteiger partial charge on any atom is 0.122 e. The first kappa shape index (κ1) is 12.5. The molecule has 2 rings (SSSR count). The molecule has 0 aromatic rings. The first-order valence-corrected chi connectivity index (χ1v) is 7.21. The highest BCUT2D eigenvalue weighted by atomic mass is 32.2. The molecule has 2 atom stereocenters. The van der Waals surface area contributed by atoms with E-state index in [2.05, 4.69) is 19.9 Å². The van der Waals surface area contributed by atoms with Crippen molar-refractivity contribution in [1.82, 2.24) is 0 Å². The smallest absolute Gasteiger partial charge is 0.122 e. The summed E-state index contributed by atoms with van der Waals surface area (Å²) in [7, 11) is 0. The molecule has 1 spiro atoms. The van der Waals surface area contributed by atoms with Crippen LogP contribution in [-0.4, -0.2) is 29.0 Å². The molecule has 0 unspecified atom stereocenters. The molecular formula is C13H22O2S. The second-order valence-electron chi connectivity index (χ2n) is 4.92. The number of hydrogen-bond acceptors (Lipinski definition) is 3. The second kappa shape index (κ2) is 4.71. The van der Waals surface area contributed by atoms with Crippen LogP contribution in [0, 0.1) is 5.41 Å². The fourth-order valence-electron chi connectivity index (χ4n) is 3.26. The van der Waals surface area contributed by atoms with Gasteiger partial charge in [0, 0.05) is 17.8 Å². The summed E-state index contributed by atoms with van der Waals surface area (Å²) < 4.78 is 6.09. The zero-order valence-corrected chi connectivity index (χ0v) is 11.1. The number of aliphatic hydroxyl groups excluding tert-OH is 1. The molecule has 0 amide bonds. The Morgan fingerprint density at radius 3 is 2.94 bits per heavy atom. The van der Waals surface area contributed by atoms with Crippen molar-refractivity contribution in [3.8, 4) is 0 Å². The summed E-state index contributed by atoms with van der Waals surface area (Å²) in [6, 6.07) is 0. The average molecular weight is 242 g/mol. The molecule has 92 valence electrons. The topological polar surface area (TPSA) is 29.5 Å². The fourth-order valence-corrected chi connectivity index (χ4v) is 4.77. The lowest BCUT2D eigenvalue weighted by Crippen LogP contribution is -2.48. The van der Waals surface area contributed by atoms with Gasteiger partial charge in [0.1, 0.15) is 4.93 Å². The Morgan fingerprint density at radius 1 is 1.56 bits per heavy atom. The van der Waals surface area contributed by atoms with Gasteiger partial charge >= 0.3 is 0 Å². The van der Waals surface area contributed by atoms with E-state index in [1.807, 2.05) is 11.8 Å². The Hall–Kier alpha value is 0.01000. The van der Waals surface area contributed by atoms with Gasteiger partial charge in [-0.25, -0.2) is 0 Å². The lowest BCUT2D eigenvalue weighted by atomic mass is 9.67. The molecule has 2 aliphatic rings. The third-order valence-corrected chi connectivity index (χ3v) is 5.83. The number of thioether (sulfide) groups is 1. The zero-order chi connectivity index (χ0) is 11.6. The Balaban J connectivity index is 2.34. The van der Waals surface area contributed by atoms with Crippen molar-refractivity contribution in [2.24, 2.45) is 5.41 Å². The van der Waals surface area contributed by atoms with Gasteiger partial charge in [0.25, 0.3) is 0 Å². The fraction of sp³-hybridized carbons (Fsp3) is 0.846. The van der Waals surface area contributed by atoms with Crippen LogP contribution in [0.15, 0.2) is 11.6 Å². The molecule has 1 heterocycles. The first-order valence-electron chi connectivity index (χ1n) is 6.23. The van der Waals surface area contributed by atoms with E-state index >= 15 is 0 Å². The highest BCUT2D eigenvalue weighted by Crippen LogP contribution is 2.59. The number of rotatable bonds is 2. The number of allylic oxidation sites excluding steroid dienone is 1. The van der Waals surface area contributed by atoms with Crippen molar-refractivity contribution in [3.63, 3.8) is 0 Å². The normalized spacial score (nSPS) is 42.1. The van der Waals surface area contributed by atoms with E-state index in [-0.39, 0.29) is 17.0 Å². The zero-order valence-electron chi connectivity index (χ0n) is 10.3. The minimum atomic E-state index is -0.0597. The van der Waals surface area contributed by atoms with E-state index < -0.39 is 0 Å². The van der Waals surface area contributed by atoms with Crippen LogP contribution >= 0.6 is 11.8 Å². The van der Waals surface area contributed by atoms with E-state index in [1.54, 1.807) is 0 Å². The Bertz CT molecular complexity index is 282. The van der Waals surface area contributed by atoms with Gasteiger partial charge in [-0.1, -0.05) is 18.6 Å². The van der Waals surface area contributed by atoms with Crippen molar-refractivity contribution in [2.75, 3.05) is 19.0 Å². The molecule has 1 saturated carbocycles. The second-order valence-corrected chi connectivity index (χ2v) is 6.28. The van der Waals surface area contributed by atoms with Gasteiger partial charge in [0.05, 0.1) is 6.61 Å². The molecule has 1 aliphatic heterocycles. The van der Waals surface area contributed by atoms with E-state index in [0.29, 0.717) is 0 Å². The number of ether oxygens (including phenoxy) is 1. The van der Waals surface area contributed by atoms with E-state index in [1.165, 1.54) is 18.4 Å². The highest BCUT2D eigenvalue weighted by molar-refractivity contribution is 8.00. The van der Waals surface area contributed by atoms with Gasteiger partial charge in [-0.15, -0.1) is 11.8 Å². The minimum absolute atomic E-state index is 0.0237. The lowest BCUT2D eigenvalue weighted by Gasteiger charge is -2.50. The summed E-state index contributed by atoms with van der Waals surface area (Å²) in [5, 5.41) is 9.35. The quantitative estimate of drug-likeness (QED) is 0.755. The van der Waals surface area contributed by atoms with Crippen LogP contribution in [0.1, 0.15) is 39.5 Å². The van der Waals surface area contributed by atoms with Gasteiger partial charge in [0.15, 0.2) is 0 Å². The van der Waals surface area contributed by atoms with Gasteiger partial charge in [0.2, 0.25) is 0 Å². The average Bonchev–Trinajstić information content (AvgIpc) is 2.73. The summed E-state index contributed by atoms with van der Waals surface area (Å²) in [5.74, 6) is 1.10. The van der Waals surface area contributed by atoms with Crippen LogP contribution in [0.5, 0.6) is 0 Å². The van der Waals surface area contributed by atoms with Gasteiger partial charge in [-0.3, -0.25) is 0 Å². The first-order chi connectivity index (χ1) is 7.68. The van der Waals surface area contributed by atoms with Crippen molar-refractivity contribution < 1.29 is 9.84 Å². The van der Waals surface area contributed by atoms with Crippen molar-refractivity contribution in [3.05, 3.63) is 11.6 Å². The van der Waals surface area contributed by atoms with Crippen LogP contribution in [0.4, 0.5) is 0 Å². The van der Waals surface area contributed by atoms with Gasteiger partial charge in [-0.05, 0) is 32.6 Å². The molecule has 16 heavy (non-hydrogen) atoms. The third-order valence-electron chi connectivity index (χ3n) is 4.22. The van der Waals surface area contributed by atoms with Crippen LogP contribution in [-0.2, 0) is 4.74 Å². The van der Waals surface area contributed by atoms with E-state index in [9.17, 15) is 5.11 Å². The Labute approximate surface area is 102 Å². The third kappa shape index (κ3) is 1.73. The molecule has 1 N–H and O–H groups in total. The summed E-state index contributed by atoms with van der Waals surface area (Å²) in [6.45, 7) is 5.50. The van der Waals surface area contributed by atoms with Gasteiger partial charge in [-0.2, -0.15) is 0 Å². The van der Waals surface area contributed by atoms with Crippen LogP contribution in [0.2, 0.25) is 0 Å². The molecule has 1 aliphatic carbocycles. The maximum atomic E-state index is 9.35. The number of aliphatic hydroxyl groups is 1. The molecule has 2 nitrogen and oxygen atoms in total. The van der Waals surface area contributed by atoms with E-state index in [0.717, 1.165) is 25.2 Å². The predicted octanol–water partition coefficient (Wildman–Crippen LogP) is 2.97. The van der Waals surface area contributed by atoms with Crippen LogP contribution in [0.25, 0.3) is 0 Å². The predicted molar refractivity (Wildman–Crippen MR) is 68.6 cm³/mol. The summed E-state index contributed by atoms with van der Waals surface area (Å²) >= 11 is 1.96. The highest BCUT2D eigenvalue weighted by Gasteiger charge is 2.54. The van der Waals surface area contributed by atoms with Gasteiger partial charge < -0.3 is 9.84 Å². The molecular weight excluding hydrogens is 220 g/mol. The molecule has 2 fully saturated rings. The SMILES string of the molecule is C/C=C1\CCC[C@]2(OCCS2)[C@]1(C)CCO. The molecule has 0 radical (unpaired) electrons. The standard InChI is InChI=1S/C13H22O2S/c1-3-11-5-4-6-13(15-9-10-16-13)12(11,2)7-8-14/h3,14H,4-10H2,1-2H3/b11-3+/t12-,13-/m1/s1. The monoisotopic (exact) mass is 242 g/mol. The molecule has 0 aromatic heterocycles. The minimum Gasteiger partial charge on any atom is -0.396 e. The van der Waals surface area contributed by atoms with Crippen LogP contribution in [0.3, 0.4) is 0 Å². The molecule has 1 saturated heterocycles. The lowest BCUT2D eigenvalue weighted by molar-refractivity contribution is -0.0537. The molecule has 0 bridgehead atoms. The summed E-state index contributed by atoms with van der Waals surface area (Å²) in [5.41, 5.74) is 1.50. The van der Waals surface area contributed by atoms with Crippen molar-refractivity contribution >= 4 is 11.8 Å². The Morgan fingerprint density at radius 2 is 2.38 bits per heavy atom. The number of hydrogen-bond donors (Lipinski definition) is 1. The largest absolute Gasteiger partial charge is 0.396 e. The van der Waals surface area contributed by atoms with Crippen LogP contribution < -0.4 is 0 Å². The van der Waals surface area contributed by atoms with Crippen molar-refractivity contribution in [2.45, 2.75) is 44.5 Å². The molecule has 3 heteroatoms. The molecule has 0 aromatic carbocycles. The Kier molecular flexibility index (Phi) is 3.67. The van der Waals surface area contributed by atoms with Crippen molar-refractivity contribution in [1.29, 1.82) is 0 Å². The summed E-state index contributed by atoms with van der Waals surface area (Å²) in [6.07, 6.45) is 6.57. The summed E-state index contributed by atoms with van der Waals surface area (Å²) in [4.78, 5) is -0.0597. The van der Waals surface area contributed by atoms with E-state index in [4.69, 9.17) is 4.74 Å².